The number of carbonyl (C=O) groups is 2. The van der Waals surface area contributed by atoms with Crippen LogP contribution < -0.4 is 24.4 Å². The highest BCUT2D eigenvalue weighted by Gasteiger charge is 2.36. The number of benzene rings is 2. The maximum atomic E-state index is 13.0. The average Bonchev–Trinajstić information content (AvgIpc) is 3.14. The lowest BCUT2D eigenvalue weighted by Crippen LogP contribution is -2.47. The highest BCUT2D eigenvalue weighted by molar-refractivity contribution is 6.02. The molecule has 31 heavy (non-hydrogen) atoms. The summed E-state index contributed by atoms with van der Waals surface area (Å²) in [5, 5.41) is 2.97. The zero-order chi connectivity index (χ0) is 22.4. The fourth-order valence-electron chi connectivity index (χ4n) is 3.84. The number of hydrogen-bond acceptors (Lipinski definition) is 5. The van der Waals surface area contributed by atoms with Crippen molar-refractivity contribution in [3.05, 3.63) is 47.5 Å². The molecule has 1 aliphatic heterocycles. The predicted octanol–water partition coefficient (Wildman–Crippen LogP) is 3.48. The molecule has 3 rings (SSSR count). The Balaban J connectivity index is 1.78. The minimum absolute atomic E-state index is 0.150. The SMILES string of the molecule is CCOc1cc(CNC(=O)[C@@H]2Cc3ccccc3N2C(C)=O)cc(OCC)c1OCC. The smallest absolute Gasteiger partial charge is 0.243 e. The Morgan fingerprint density at radius 1 is 1.00 bits per heavy atom. The van der Waals surface area contributed by atoms with Gasteiger partial charge in [0.1, 0.15) is 6.04 Å². The number of fused-ring (bicyclic) bond motifs is 1. The highest BCUT2D eigenvalue weighted by Crippen LogP contribution is 2.39. The van der Waals surface area contributed by atoms with Gasteiger partial charge in [0.15, 0.2) is 11.5 Å². The van der Waals surface area contributed by atoms with Crippen molar-refractivity contribution < 1.29 is 23.8 Å². The summed E-state index contributed by atoms with van der Waals surface area (Å²) in [6.45, 7) is 8.92. The van der Waals surface area contributed by atoms with Gasteiger partial charge in [-0.25, -0.2) is 0 Å². The van der Waals surface area contributed by atoms with Crippen LogP contribution >= 0.6 is 0 Å². The van der Waals surface area contributed by atoms with Crippen molar-refractivity contribution in [2.75, 3.05) is 24.7 Å². The number of para-hydroxylation sites is 1. The highest BCUT2D eigenvalue weighted by atomic mass is 16.5. The van der Waals surface area contributed by atoms with Gasteiger partial charge in [-0.2, -0.15) is 0 Å². The lowest BCUT2D eigenvalue weighted by atomic mass is 10.1. The zero-order valence-corrected chi connectivity index (χ0v) is 18.6. The van der Waals surface area contributed by atoms with Gasteiger partial charge >= 0.3 is 0 Å². The number of ether oxygens (including phenoxy) is 3. The number of hydrogen-bond donors (Lipinski definition) is 1. The van der Waals surface area contributed by atoms with Gasteiger partial charge in [0.2, 0.25) is 17.6 Å². The minimum Gasteiger partial charge on any atom is -0.490 e. The number of amides is 2. The van der Waals surface area contributed by atoms with Crippen LogP contribution in [0.15, 0.2) is 36.4 Å². The molecule has 7 nitrogen and oxygen atoms in total. The van der Waals surface area contributed by atoms with E-state index in [1.807, 2.05) is 57.2 Å². The maximum Gasteiger partial charge on any atom is 0.243 e. The summed E-state index contributed by atoms with van der Waals surface area (Å²) in [7, 11) is 0. The molecule has 1 heterocycles. The molecule has 0 spiro atoms. The minimum atomic E-state index is -0.560. The third-order valence-electron chi connectivity index (χ3n) is 5.05. The standard InChI is InChI=1S/C24H30N2O5/c1-5-29-21-12-17(13-22(30-6-2)23(21)31-7-3)15-25-24(28)20-14-18-10-8-9-11-19(18)26(20)16(4)27/h8-13,20H,5-7,14-15H2,1-4H3,(H,25,28)/t20-/m0/s1. The Kier molecular flexibility index (Phi) is 7.39. The first kappa shape index (κ1) is 22.5. The number of carbonyl (C=O) groups excluding carboxylic acids is 2. The Morgan fingerprint density at radius 3 is 2.19 bits per heavy atom. The molecule has 0 saturated carbocycles. The van der Waals surface area contributed by atoms with E-state index in [4.69, 9.17) is 14.2 Å². The molecule has 166 valence electrons. The average molecular weight is 427 g/mol. The van der Waals surface area contributed by atoms with E-state index in [1.165, 1.54) is 6.92 Å². The fraction of sp³-hybridized carbons (Fsp3) is 0.417. The van der Waals surface area contributed by atoms with Gasteiger partial charge in [-0.05, 0) is 50.1 Å². The first-order valence-corrected chi connectivity index (χ1v) is 10.7. The molecule has 1 N–H and O–H groups in total. The quantitative estimate of drug-likeness (QED) is 0.664. The monoisotopic (exact) mass is 426 g/mol. The summed E-state index contributed by atoms with van der Waals surface area (Å²) in [5.74, 6) is 1.38. The molecule has 0 aromatic heterocycles. The van der Waals surface area contributed by atoms with Crippen molar-refractivity contribution in [1.29, 1.82) is 0 Å². The molecule has 0 aliphatic carbocycles. The van der Waals surface area contributed by atoms with Crippen molar-refractivity contribution in [1.82, 2.24) is 5.32 Å². The summed E-state index contributed by atoms with van der Waals surface area (Å²) in [6.07, 6.45) is 0.499. The van der Waals surface area contributed by atoms with Crippen molar-refractivity contribution >= 4 is 17.5 Å². The van der Waals surface area contributed by atoms with Gasteiger partial charge in [-0.15, -0.1) is 0 Å². The van der Waals surface area contributed by atoms with Gasteiger partial charge < -0.3 is 19.5 Å². The van der Waals surface area contributed by atoms with Crippen LogP contribution in [0.2, 0.25) is 0 Å². The van der Waals surface area contributed by atoms with Gasteiger partial charge in [0, 0.05) is 25.6 Å². The molecule has 2 aromatic rings. The summed E-state index contributed by atoms with van der Waals surface area (Å²) < 4.78 is 17.2. The van der Waals surface area contributed by atoms with E-state index in [2.05, 4.69) is 5.32 Å². The van der Waals surface area contributed by atoms with Crippen molar-refractivity contribution in [2.45, 2.75) is 46.7 Å². The van der Waals surface area contributed by atoms with Crippen LogP contribution in [0.1, 0.15) is 38.8 Å². The van der Waals surface area contributed by atoms with Crippen LogP contribution in [0.3, 0.4) is 0 Å². The maximum absolute atomic E-state index is 13.0. The number of anilines is 1. The molecule has 1 aliphatic rings. The van der Waals surface area contributed by atoms with Crippen molar-refractivity contribution in [3.8, 4) is 17.2 Å². The summed E-state index contributed by atoms with van der Waals surface area (Å²) in [6, 6.07) is 10.8. The van der Waals surface area contributed by atoms with Crippen molar-refractivity contribution in [2.24, 2.45) is 0 Å². The molecule has 2 amide bonds. The third-order valence-corrected chi connectivity index (χ3v) is 5.05. The van der Waals surface area contributed by atoms with Crippen LogP contribution in [-0.2, 0) is 22.6 Å². The molecule has 0 fully saturated rings. The van der Waals surface area contributed by atoms with Crippen LogP contribution in [0.4, 0.5) is 5.69 Å². The molecule has 0 bridgehead atoms. The first-order valence-electron chi connectivity index (χ1n) is 10.7. The summed E-state index contributed by atoms with van der Waals surface area (Å²) >= 11 is 0. The van der Waals surface area contributed by atoms with E-state index < -0.39 is 6.04 Å². The van der Waals surface area contributed by atoms with Gasteiger partial charge in [0.25, 0.3) is 0 Å². The second-order valence-corrected chi connectivity index (χ2v) is 7.18. The Morgan fingerprint density at radius 2 is 1.61 bits per heavy atom. The Bertz CT molecular complexity index is 916. The molecule has 1 atom stereocenters. The largest absolute Gasteiger partial charge is 0.490 e. The fourth-order valence-corrected chi connectivity index (χ4v) is 3.84. The zero-order valence-electron chi connectivity index (χ0n) is 18.6. The summed E-state index contributed by atoms with van der Waals surface area (Å²) in [5.41, 5.74) is 2.62. The second-order valence-electron chi connectivity index (χ2n) is 7.18. The van der Waals surface area contributed by atoms with Gasteiger partial charge in [0.05, 0.1) is 19.8 Å². The Hall–Kier alpha value is -3.22. The normalized spacial score (nSPS) is 14.7. The van der Waals surface area contributed by atoms with Gasteiger partial charge in [-0.1, -0.05) is 18.2 Å². The molecule has 7 heteroatoms. The van der Waals surface area contributed by atoms with E-state index >= 15 is 0 Å². The van der Waals surface area contributed by atoms with E-state index in [9.17, 15) is 9.59 Å². The van der Waals surface area contributed by atoms with E-state index in [-0.39, 0.29) is 18.4 Å². The molecular weight excluding hydrogens is 396 g/mol. The van der Waals surface area contributed by atoms with Gasteiger partial charge in [-0.3, -0.25) is 14.5 Å². The topological polar surface area (TPSA) is 77.1 Å². The predicted molar refractivity (Wildman–Crippen MR) is 119 cm³/mol. The van der Waals surface area contributed by atoms with Crippen LogP contribution in [-0.4, -0.2) is 37.7 Å². The molecule has 2 aromatic carbocycles. The molecule has 0 unspecified atom stereocenters. The number of rotatable bonds is 9. The van der Waals surface area contributed by atoms with E-state index in [1.54, 1.807) is 4.90 Å². The summed E-state index contributed by atoms with van der Waals surface area (Å²) in [4.78, 5) is 26.8. The number of nitrogens with one attached hydrogen (secondary N) is 1. The molecule has 0 saturated heterocycles. The van der Waals surface area contributed by atoms with E-state index in [0.29, 0.717) is 43.5 Å². The second kappa shape index (κ2) is 10.2. The number of nitrogens with zero attached hydrogens (tertiary/aromatic N) is 1. The Labute approximate surface area is 183 Å². The lowest BCUT2D eigenvalue weighted by molar-refractivity contribution is -0.125. The van der Waals surface area contributed by atoms with Crippen LogP contribution in [0.5, 0.6) is 17.2 Å². The first-order chi connectivity index (χ1) is 15.0. The van der Waals surface area contributed by atoms with Crippen LogP contribution in [0, 0.1) is 0 Å². The third kappa shape index (κ3) is 4.93. The molecular formula is C24H30N2O5. The lowest BCUT2D eigenvalue weighted by Gasteiger charge is -2.23. The van der Waals surface area contributed by atoms with E-state index in [0.717, 1.165) is 16.8 Å². The van der Waals surface area contributed by atoms with Crippen molar-refractivity contribution in [3.63, 3.8) is 0 Å². The molecule has 0 radical (unpaired) electrons. The van der Waals surface area contributed by atoms with Crippen LogP contribution in [0.25, 0.3) is 0 Å².